The number of nitrogens with two attached hydrogens (primary N) is 2. The zero-order valence-electron chi connectivity index (χ0n) is 9.91. The molecule has 2 aromatic rings. The highest BCUT2D eigenvalue weighted by molar-refractivity contribution is 5.85. The summed E-state index contributed by atoms with van der Waals surface area (Å²) in [6, 6.07) is 7.95. The summed E-state index contributed by atoms with van der Waals surface area (Å²) in [7, 11) is 0. The first-order valence-corrected chi connectivity index (χ1v) is 5.77. The highest BCUT2D eigenvalue weighted by Crippen LogP contribution is 2.25. The molecule has 1 saturated heterocycles. The molecule has 18 heavy (non-hydrogen) atoms. The third kappa shape index (κ3) is 2.19. The summed E-state index contributed by atoms with van der Waals surface area (Å²) in [5.74, 6) is 1.24. The summed E-state index contributed by atoms with van der Waals surface area (Å²) in [6.45, 7) is 1.70. The maximum Gasteiger partial charge on any atom is 0.172 e. The third-order valence-electron chi connectivity index (χ3n) is 3.10. The minimum absolute atomic E-state index is 0. The summed E-state index contributed by atoms with van der Waals surface area (Å²) in [5.41, 5.74) is 13.6. The molecule has 1 atom stereocenters. The van der Waals surface area contributed by atoms with E-state index in [4.69, 9.17) is 11.5 Å². The van der Waals surface area contributed by atoms with Crippen LogP contribution in [0, 0.1) is 0 Å². The number of rotatable bonds is 1. The highest BCUT2D eigenvalue weighted by atomic mass is 35.5. The summed E-state index contributed by atoms with van der Waals surface area (Å²) in [5, 5.41) is 0. The van der Waals surface area contributed by atoms with Gasteiger partial charge in [-0.05, 0) is 18.6 Å². The molecule has 0 bridgehead atoms. The average molecular weight is 266 g/mol. The SMILES string of the molecule is Cl.Nc1nc2ccccc2nc1N1CC[C@H](N)C1. The Hall–Kier alpha value is -1.59. The molecule has 1 fully saturated rings. The molecule has 1 aliphatic heterocycles. The topological polar surface area (TPSA) is 81.1 Å². The van der Waals surface area contributed by atoms with Crippen molar-refractivity contribution < 1.29 is 0 Å². The Morgan fingerprint density at radius 2 is 1.83 bits per heavy atom. The Labute approximate surface area is 112 Å². The fourth-order valence-corrected chi connectivity index (χ4v) is 2.22. The molecule has 0 saturated carbocycles. The summed E-state index contributed by atoms with van der Waals surface area (Å²) >= 11 is 0. The van der Waals surface area contributed by atoms with Gasteiger partial charge in [-0.1, -0.05) is 12.1 Å². The van der Waals surface area contributed by atoms with Gasteiger partial charge in [0.2, 0.25) is 0 Å². The van der Waals surface area contributed by atoms with Gasteiger partial charge in [-0.3, -0.25) is 0 Å². The van der Waals surface area contributed by atoms with Crippen LogP contribution in [0.25, 0.3) is 11.0 Å². The number of hydrogen-bond acceptors (Lipinski definition) is 5. The van der Waals surface area contributed by atoms with Crippen molar-refractivity contribution in [2.45, 2.75) is 12.5 Å². The van der Waals surface area contributed by atoms with E-state index in [-0.39, 0.29) is 18.4 Å². The number of nitrogen functional groups attached to an aromatic ring is 1. The molecule has 2 heterocycles. The highest BCUT2D eigenvalue weighted by Gasteiger charge is 2.22. The number of hydrogen-bond donors (Lipinski definition) is 2. The van der Waals surface area contributed by atoms with Crippen LogP contribution in [0.15, 0.2) is 24.3 Å². The van der Waals surface area contributed by atoms with Crippen LogP contribution in [0.5, 0.6) is 0 Å². The molecule has 4 N–H and O–H groups in total. The largest absolute Gasteiger partial charge is 0.381 e. The second-order valence-electron chi connectivity index (χ2n) is 4.42. The lowest BCUT2D eigenvalue weighted by Crippen LogP contribution is -2.27. The maximum atomic E-state index is 5.96. The normalized spacial score (nSPS) is 18.9. The van der Waals surface area contributed by atoms with Crippen molar-refractivity contribution in [1.29, 1.82) is 0 Å². The van der Waals surface area contributed by atoms with E-state index in [0.29, 0.717) is 5.82 Å². The smallest absolute Gasteiger partial charge is 0.172 e. The molecule has 1 aromatic heterocycles. The van der Waals surface area contributed by atoms with Crippen molar-refractivity contribution in [1.82, 2.24) is 9.97 Å². The fraction of sp³-hybridized carbons (Fsp3) is 0.333. The van der Waals surface area contributed by atoms with E-state index in [1.165, 1.54) is 0 Å². The molecule has 5 nitrogen and oxygen atoms in total. The van der Waals surface area contributed by atoms with E-state index in [2.05, 4.69) is 14.9 Å². The van der Waals surface area contributed by atoms with Crippen LogP contribution in [0.2, 0.25) is 0 Å². The van der Waals surface area contributed by atoms with Gasteiger partial charge < -0.3 is 16.4 Å². The second kappa shape index (κ2) is 4.96. The van der Waals surface area contributed by atoms with Gasteiger partial charge in [-0.25, -0.2) is 9.97 Å². The van der Waals surface area contributed by atoms with Crippen LogP contribution in [-0.2, 0) is 0 Å². The van der Waals surface area contributed by atoms with Gasteiger partial charge in [0.05, 0.1) is 11.0 Å². The molecule has 1 aromatic carbocycles. The molecule has 0 unspecified atom stereocenters. The van der Waals surface area contributed by atoms with E-state index in [0.717, 1.165) is 36.4 Å². The number of anilines is 2. The zero-order valence-corrected chi connectivity index (χ0v) is 10.7. The van der Waals surface area contributed by atoms with Gasteiger partial charge in [0, 0.05) is 19.1 Å². The number of halogens is 1. The van der Waals surface area contributed by atoms with Crippen molar-refractivity contribution >= 4 is 35.1 Å². The van der Waals surface area contributed by atoms with Crippen molar-refractivity contribution in [2.75, 3.05) is 23.7 Å². The first-order chi connectivity index (χ1) is 8.24. The van der Waals surface area contributed by atoms with Crippen LogP contribution in [0.4, 0.5) is 11.6 Å². The van der Waals surface area contributed by atoms with E-state index in [9.17, 15) is 0 Å². The first kappa shape index (κ1) is 12.9. The quantitative estimate of drug-likeness (QED) is 0.809. The minimum Gasteiger partial charge on any atom is -0.381 e. The second-order valence-corrected chi connectivity index (χ2v) is 4.42. The molecule has 96 valence electrons. The standard InChI is InChI=1S/C12H15N5.ClH/c13-8-5-6-17(7-8)12-11(14)15-9-3-1-2-4-10(9)16-12;/h1-4,8H,5-7,13H2,(H2,14,15);1H/t8-;/m0./s1. The number of aromatic nitrogens is 2. The summed E-state index contributed by atoms with van der Waals surface area (Å²) in [4.78, 5) is 11.1. The van der Waals surface area contributed by atoms with Crippen molar-refractivity contribution in [3.05, 3.63) is 24.3 Å². The predicted octanol–water partition coefficient (Wildman–Crippen LogP) is 1.17. The van der Waals surface area contributed by atoms with Crippen molar-refractivity contribution in [2.24, 2.45) is 5.73 Å². The van der Waals surface area contributed by atoms with Crippen LogP contribution >= 0.6 is 12.4 Å². The molecule has 0 amide bonds. The fourth-order valence-electron chi connectivity index (χ4n) is 2.22. The van der Waals surface area contributed by atoms with Gasteiger partial charge in [-0.15, -0.1) is 12.4 Å². The van der Waals surface area contributed by atoms with E-state index in [1.807, 2.05) is 24.3 Å². The van der Waals surface area contributed by atoms with Gasteiger partial charge in [0.1, 0.15) is 0 Å². The molecule has 6 heteroatoms. The lowest BCUT2D eigenvalue weighted by atomic mass is 10.3. The lowest BCUT2D eigenvalue weighted by Gasteiger charge is -2.18. The molecular formula is C12H16ClN5. The Morgan fingerprint density at radius 3 is 2.44 bits per heavy atom. The van der Waals surface area contributed by atoms with Crippen LogP contribution < -0.4 is 16.4 Å². The molecule has 0 aliphatic carbocycles. The number of nitrogens with zero attached hydrogens (tertiary/aromatic N) is 3. The van der Waals surface area contributed by atoms with Gasteiger partial charge in [-0.2, -0.15) is 0 Å². The summed E-state index contributed by atoms with van der Waals surface area (Å²) < 4.78 is 0. The van der Waals surface area contributed by atoms with Crippen LogP contribution in [0.1, 0.15) is 6.42 Å². The van der Waals surface area contributed by atoms with Gasteiger partial charge >= 0.3 is 0 Å². The number of benzene rings is 1. The average Bonchev–Trinajstić information content (AvgIpc) is 2.75. The van der Waals surface area contributed by atoms with E-state index >= 15 is 0 Å². The third-order valence-corrected chi connectivity index (χ3v) is 3.10. The summed E-state index contributed by atoms with van der Waals surface area (Å²) in [6.07, 6.45) is 0.980. The molecule has 0 spiro atoms. The van der Waals surface area contributed by atoms with Crippen molar-refractivity contribution in [3.63, 3.8) is 0 Å². The monoisotopic (exact) mass is 265 g/mol. The van der Waals surface area contributed by atoms with Crippen LogP contribution in [0.3, 0.4) is 0 Å². The molecule has 3 rings (SSSR count). The zero-order chi connectivity index (χ0) is 11.8. The van der Waals surface area contributed by atoms with Crippen LogP contribution in [-0.4, -0.2) is 29.1 Å². The molecular weight excluding hydrogens is 250 g/mol. The van der Waals surface area contributed by atoms with Crippen molar-refractivity contribution in [3.8, 4) is 0 Å². The van der Waals surface area contributed by atoms with Gasteiger partial charge in [0.15, 0.2) is 11.6 Å². The first-order valence-electron chi connectivity index (χ1n) is 5.77. The number of fused-ring (bicyclic) bond motifs is 1. The minimum atomic E-state index is 0. The van der Waals surface area contributed by atoms with Gasteiger partial charge in [0.25, 0.3) is 0 Å². The van der Waals surface area contributed by atoms with E-state index < -0.39 is 0 Å². The predicted molar refractivity (Wildman–Crippen MR) is 76.0 cm³/mol. The Balaban J connectivity index is 0.00000120. The Morgan fingerprint density at radius 1 is 1.17 bits per heavy atom. The van der Waals surface area contributed by atoms with E-state index in [1.54, 1.807) is 0 Å². The molecule has 0 radical (unpaired) electrons. The maximum absolute atomic E-state index is 5.96. The number of para-hydroxylation sites is 2. The lowest BCUT2D eigenvalue weighted by molar-refractivity contribution is 0.751. The Bertz CT molecular complexity index is 559. The molecule has 1 aliphatic rings. The Kier molecular flexibility index (Phi) is 3.54.